The van der Waals surface area contributed by atoms with E-state index >= 15 is 0 Å². The number of nitrogens with two attached hydrogens (primary N) is 1. The second kappa shape index (κ2) is 6.59. The summed E-state index contributed by atoms with van der Waals surface area (Å²) < 4.78 is 5.58. The molecule has 1 saturated carbocycles. The third kappa shape index (κ3) is 3.08. The molecular weight excluding hydrogens is 240 g/mol. The minimum atomic E-state index is 0.517. The van der Waals surface area contributed by atoms with Crippen LogP contribution >= 0.6 is 0 Å². The Hall–Kier alpha value is -1.52. The van der Waals surface area contributed by atoms with Gasteiger partial charge in [0, 0.05) is 12.6 Å². The van der Waals surface area contributed by atoms with Crippen LogP contribution in [0.2, 0.25) is 0 Å². The van der Waals surface area contributed by atoms with Crippen molar-refractivity contribution in [3.63, 3.8) is 0 Å². The molecule has 1 heterocycles. The van der Waals surface area contributed by atoms with Crippen molar-refractivity contribution in [1.29, 1.82) is 0 Å². The van der Waals surface area contributed by atoms with Crippen molar-refractivity contribution in [3.05, 3.63) is 6.33 Å². The molecule has 0 amide bonds. The Kier molecular flexibility index (Phi) is 4.82. The molecule has 19 heavy (non-hydrogen) atoms. The van der Waals surface area contributed by atoms with Crippen LogP contribution in [0, 0.1) is 0 Å². The van der Waals surface area contributed by atoms with E-state index in [0.29, 0.717) is 24.2 Å². The van der Waals surface area contributed by atoms with Crippen molar-refractivity contribution in [2.45, 2.75) is 52.0 Å². The molecule has 0 radical (unpaired) electrons. The minimum Gasteiger partial charge on any atom is -0.476 e. The van der Waals surface area contributed by atoms with E-state index in [9.17, 15) is 0 Å². The van der Waals surface area contributed by atoms with Crippen LogP contribution in [0.1, 0.15) is 46.0 Å². The van der Waals surface area contributed by atoms with Gasteiger partial charge in [-0.15, -0.1) is 0 Å². The van der Waals surface area contributed by atoms with E-state index < -0.39 is 0 Å². The standard InChI is InChI=1S/C14H24N4O/c1-3-9-19-14-12(15)13(16-10-17-14)18(4-2)11-7-5-6-8-11/h10-11H,3-9,15H2,1-2H3. The van der Waals surface area contributed by atoms with Crippen LogP contribution in [0.15, 0.2) is 6.33 Å². The molecule has 0 aliphatic heterocycles. The average Bonchev–Trinajstić information content (AvgIpc) is 2.94. The van der Waals surface area contributed by atoms with Crippen LogP contribution in [0.3, 0.4) is 0 Å². The number of nitrogen functional groups attached to an aromatic ring is 1. The van der Waals surface area contributed by atoms with Crippen LogP contribution in [0.4, 0.5) is 11.5 Å². The Balaban J connectivity index is 2.21. The Bertz CT molecular complexity index is 404. The maximum absolute atomic E-state index is 6.18. The molecule has 0 saturated heterocycles. The lowest BCUT2D eigenvalue weighted by Gasteiger charge is -2.29. The molecule has 5 heteroatoms. The van der Waals surface area contributed by atoms with Crippen molar-refractivity contribution in [1.82, 2.24) is 9.97 Å². The van der Waals surface area contributed by atoms with Crippen LogP contribution in [0.25, 0.3) is 0 Å². The first-order valence-corrected chi connectivity index (χ1v) is 7.27. The summed E-state index contributed by atoms with van der Waals surface area (Å²) in [6.07, 6.45) is 7.54. The first-order chi connectivity index (χ1) is 9.27. The molecule has 2 rings (SSSR count). The maximum atomic E-state index is 6.18. The lowest BCUT2D eigenvalue weighted by molar-refractivity contribution is 0.306. The predicted octanol–water partition coefficient (Wildman–Crippen LogP) is 2.62. The maximum Gasteiger partial charge on any atom is 0.242 e. The zero-order valence-electron chi connectivity index (χ0n) is 11.9. The molecule has 0 unspecified atom stereocenters. The summed E-state index contributed by atoms with van der Waals surface area (Å²) in [4.78, 5) is 10.8. The fourth-order valence-electron chi connectivity index (χ4n) is 2.71. The second-order valence-corrected chi connectivity index (χ2v) is 4.99. The number of hydrogen-bond acceptors (Lipinski definition) is 5. The van der Waals surface area contributed by atoms with Gasteiger partial charge in [0.05, 0.1) is 6.61 Å². The fourth-order valence-corrected chi connectivity index (χ4v) is 2.71. The molecule has 1 aliphatic rings. The summed E-state index contributed by atoms with van der Waals surface area (Å²) in [6.45, 7) is 5.76. The zero-order chi connectivity index (χ0) is 13.7. The normalized spacial score (nSPS) is 15.7. The highest BCUT2D eigenvalue weighted by Gasteiger charge is 2.25. The Morgan fingerprint density at radius 3 is 2.68 bits per heavy atom. The van der Waals surface area contributed by atoms with Gasteiger partial charge >= 0.3 is 0 Å². The summed E-state index contributed by atoms with van der Waals surface area (Å²) in [5.41, 5.74) is 6.75. The summed E-state index contributed by atoms with van der Waals surface area (Å²) in [5, 5.41) is 0. The third-order valence-corrected chi connectivity index (χ3v) is 3.65. The SMILES string of the molecule is CCCOc1ncnc(N(CC)C2CCCC2)c1N. The molecular formula is C14H24N4O. The number of nitrogens with zero attached hydrogens (tertiary/aromatic N) is 3. The Morgan fingerprint density at radius 1 is 1.32 bits per heavy atom. The van der Waals surface area contributed by atoms with Crippen molar-refractivity contribution in [2.75, 3.05) is 23.8 Å². The molecule has 1 aromatic rings. The third-order valence-electron chi connectivity index (χ3n) is 3.65. The van der Waals surface area contributed by atoms with Crippen molar-refractivity contribution in [3.8, 4) is 5.88 Å². The van der Waals surface area contributed by atoms with Gasteiger partial charge in [-0.1, -0.05) is 19.8 Å². The summed E-state index contributed by atoms with van der Waals surface area (Å²) in [7, 11) is 0. The lowest BCUT2D eigenvalue weighted by Crippen LogP contribution is -2.34. The van der Waals surface area contributed by atoms with Crippen LogP contribution in [-0.4, -0.2) is 29.2 Å². The lowest BCUT2D eigenvalue weighted by atomic mass is 10.2. The molecule has 0 spiro atoms. The van der Waals surface area contributed by atoms with Crippen LogP contribution in [0.5, 0.6) is 5.88 Å². The van der Waals surface area contributed by atoms with E-state index in [1.165, 1.54) is 25.7 Å². The average molecular weight is 264 g/mol. The molecule has 0 atom stereocenters. The largest absolute Gasteiger partial charge is 0.476 e. The van der Waals surface area contributed by atoms with Crippen LogP contribution < -0.4 is 15.4 Å². The highest BCUT2D eigenvalue weighted by atomic mass is 16.5. The van der Waals surface area contributed by atoms with Gasteiger partial charge in [0.1, 0.15) is 12.0 Å². The van der Waals surface area contributed by atoms with Gasteiger partial charge in [0.25, 0.3) is 0 Å². The van der Waals surface area contributed by atoms with E-state index in [4.69, 9.17) is 10.5 Å². The van der Waals surface area contributed by atoms with E-state index in [2.05, 4.69) is 28.7 Å². The number of ether oxygens (including phenoxy) is 1. The van der Waals surface area contributed by atoms with E-state index in [1.54, 1.807) is 6.33 Å². The van der Waals surface area contributed by atoms with Gasteiger partial charge < -0.3 is 15.4 Å². The first-order valence-electron chi connectivity index (χ1n) is 7.27. The number of aromatic nitrogens is 2. The number of rotatable bonds is 6. The molecule has 5 nitrogen and oxygen atoms in total. The first kappa shape index (κ1) is 13.9. The van der Waals surface area contributed by atoms with Gasteiger partial charge in [-0.25, -0.2) is 4.98 Å². The Labute approximate surface area is 115 Å². The predicted molar refractivity (Wildman–Crippen MR) is 77.5 cm³/mol. The number of anilines is 2. The van der Waals surface area contributed by atoms with Gasteiger partial charge in [0.15, 0.2) is 5.82 Å². The highest BCUT2D eigenvalue weighted by molar-refractivity contribution is 5.68. The van der Waals surface area contributed by atoms with Crippen LogP contribution in [-0.2, 0) is 0 Å². The topological polar surface area (TPSA) is 64.3 Å². The Morgan fingerprint density at radius 2 is 2.05 bits per heavy atom. The van der Waals surface area contributed by atoms with Gasteiger partial charge in [0.2, 0.25) is 5.88 Å². The van der Waals surface area contributed by atoms with Gasteiger partial charge in [-0.05, 0) is 26.2 Å². The van der Waals surface area contributed by atoms with E-state index in [0.717, 1.165) is 18.8 Å². The van der Waals surface area contributed by atoms with Crippen molar-refractivity contribution in [2.24, 2.45) is 0 Å². The highest BCUT2D eigenvalue weighted by Crippen LogP contribution is 2.33. The summed E-state index contributed by atoms with van der Waals surface area (Å²) >= 11 is 0. The monoisotopic (exact) mass is 264 g/mol. The minimum absolute atomic E-state index is 0.517. The summed E-state index contributed by atoms with van der Waals surface area (Å²) in [6, 6.07) is 0.557. The molecule has 1 aliphatic carbocycles. The quantitative estimate of drug-likeness (QED) is 0.855. The van der Waals surface area contributed by atoms with E-state index in [1.807, 2.05) is 0 Å². The molecule has 1 aromatic heterocycles. The van der Waals surface area contributed by atoms with Crippen molar-refractivity contribution >= 4 is 11.5 Å². The van der Waals surface area contributed by atoms with E-state index in [-0.39, 0.29) is 0 Å². The summed E-state index contributed by atoms with van der Waals surface area (Å²) in [5.74, 6) is 1.35. The molecule has 1 fully saturated rings. The zero-order valence-corrected chi connectivity index (χ0v) is 11.9. The molecule has 106 valence electrons. The molecule has 0 aromatic carbocycles. The number of hydrogen-bond donors (Lipinski definition) is 1. The van der Waals surface area contributed by atoms with Crippen molar-refractivity contribution < 1.29 is 4.74 Å². The van der Waals surface area contributed by atoms with Gasteiger partial charge in [-0.2, -0.15) is 4.98 Å². The molecule has 2 N–H and O–H groups in total. The smallest absolute Gasteiger partial charge is 0.242 e. The second-order valence-electron chi connectivity index (χ2n) is 4.99. The van der Waals surface area contributed by atoms with Gasteiger partial charge in [-0.3, -0.25) is 0 Å². The molecule has 0 bridgehead atoms. The fraction of sp³-hybridized carbons (Fsp3) is 0.714.